The summed E-state index contributed by atoms with van der Waals surface area (Å²) >= 11 is 0. The third-order valence-corrected chi connectivity index (χ3v) is 4.48. The van der Waals surface area contributed by atoms with E-state index in [9.17, 15) is 4.79 Å². The lowest BCUT2D eigenvalue weighted by atomic mass is 10.2. The number of anilines is 1. The minimum atomic E-state index is -0.151. The van der Waals surface area contributed by atoms with Crippen LogP contribution in [0.25, 0.3) is 0 Å². The summed E-state index contributed by atoms with van der Waals surface area (Å²) in [7, 11) is 0. The van der Waals surface area contributed by atoms with E-state index < -0.39 is 0 Å². The lowest BCUT2D eigenvalue weighted by molar-refractivity contribution is -0.133. The molecular formula is C15H21N9O. The summed E-state index contributed by atoms with van der Waals surface area (Å²) in [6.07, 6.45) is 5.05. The van der Waals surface area contributed by atoms with E-state index in [4.69, 9.17) is 0 Å². The first-order chi connectivity index (χ1) is 12.3. The van der Waals surface area contributed by atoms with E-state index >= 15 is 0 Å². The van der Waals surface area contributed by atoms with Crippen molar-refractivity contribution in [1.82, 2.24) is 40.7 Å². The van der Waals surface area contributed by atoms with E-state index in [0.29, 0.717) is 19.0 Å². The van der Waals surface area contributed by atoms with Crippen LogP contribution < -0.4 is 16.2 Å². The first kappa shape index (κ1) is 15.9. The van der Waals surface area contributed by atoms with Gasteiger partial charge in [0.2, 0.25) is 11.9 Å². The molecule has 0 spiro atoms. The van der Waals surface area contributed by atoms with Gasteiger partial charge < -0.3 is 10.2 Å². The number of nitrogens with one attached hydrogen (secondary N) is 3. The number of hydrogen-bond acceptors (Lipinski definition) is 8. The van der Waals surface area contributed by atoms with E-state index in [1.54, 1.807) is 18.5 Å². The van der Waals surface area contributed by atoms with Gasteiger partial charge in [0.15, 0.2) is 0 Å². The van der Waals surface area contributed by atoms with Gasteiger partial charge in [-0.3, -0.25) is 10.2 Å². The van der Waals surface area contributed by atoms with Crippen molar-refractivity contribution in [3.63, 3.8) is 0 Å². The predicted molar refractivity (Wildman–Crippen MR) is 89.0 cm³/mol. The minimum Gasteiger partial charge on any atom is -0.348 e. The lowest BCUT2D eigenvalue weighted by Gasteiger charge is -2.23. The Hall–Kier alpha value is -2.59. The van der Waals surface area contributed by atoms with Gasteiger partial charge in [0.1, 0.15) is 11.7 Å². The molecule has 1 atom stereocenters. The number of aryl methyl sites for hydroxylation is 1. The molecular weight excluding hydrogens is 322 g/mol. The van der Waals surface area contributed by atoms with Crippen molar-refractivity contribution in [3.8, 4) is 0 Å². The molecule has 1 saturated heterocycles. The highest BCUT2D eigenvalue weighted by Gasteiger charge is 2.29. The average Bonchev–Trinajstić information content (AvgIpc) is 3.26. The Morgan fingerprint density at radius 1 is 1.32 bits per heavy atom. The van der Waals surface area contributed by atoms with Gasteiger partial charge in [-0.25, -0.2) is 20.1 Å². The second-order valence-corrected chi connectivity index (χ2v) is 6.16. The molecule has 1 amide bonds. The number of amides is 1. The molecule has 0 radical (unpaired) electrons. The first-order valence-corrected chi connectivity index (χ1v) is 8.50. The first-order valence-electron chi connectivity index (χ1n) is 8.50. The molecule has 2 aliphatic rings. The molecule has 0 aromatic carbocycles. The summed E-state index contributed by atoms with van der Waals surface area (Å²) in [6, 6.07) is 1.62. The van der Waals surface area contributed by atoms with Crippen LogP contribution in [0.15, 0.2) is 18.5 Å². The standard InChI is InChI=1S/C15H21N9O/c25-14(11-3-6-19-20-11)23-7-2-8-24-13(10-23)12(21-22-24)9-18-15-16-4-1-5-17-15/h1,4-5,11,19-20H,2-3,6-10H2,(H,16,17,18). The maximum Gasteiger partial charge on any atom is 0.241 e. The van der Waals surface area contributed by atoms with Gasteiger partial charge >= 0.3 is 0 Å². The zero-order valence-corrected chi connectivity index (χ0v) is 13.9. The molecule has 0 saturated carbocycles. The lowest BCUT2D eigenvalue weighted by Crippen LogP contribution is -2.45. The van der Waals surface area contributed by atoms with Crippen LogP contribution in [-0.2, 0) is 24.4 Å². The van der Waals surface area contributed by atoms with Crippen molar-refractivity contribution in [2.75, 3.05) is 18.4 Å². The van der Waals surface area contributed by atoms with E-state index in [0.717, 1.165) is 43.9 Å². The van der Waals surface area contributed by atoms with E-state index in [2.05, 4.69) is 36.4 Å². The van der Waals surface area contributed by atoms with E-state index in [1.165, 1.54) is 0 Å². The van der Waals surface area contributed by atoms with Crippen molar-refractivity contribution < 1.29 is 4.79 Å². The normalized spacial score (nSPS) is 20.2. The summed E-state index contributed by atoms with van der Waals surface area (Å²) in [5, 5.41) is 11.7. The van der Waals surface area contributed by atoms with Crippen LogP contribution in [0.4, 0.5) is 5.95 Å². The average molecular weight is 343 g/mol. The summed E-state index contributed by atoms with van der Waals surface area (Å²) < 4.78 is 1.90. The Morgan fingerprint density at radius 3 is 3.00 bits per heavy atom. The zero-order chi connectivity index (χ0) is 17.1. The maximum absolute atomic E-state index is 12.7. The minimum absolute atomic E-state index is 0.130. The molecule has 132 valence electrons. The zero-order valence-electron chi connectivity index (χ0n) is 13.9. The van der Waals surface area contributed by atoms with E-state index in [1.807, 2.05) is 9.58 Å². The molecule has 2 aromatic rings. The highest BCUT2D eigenvalue weighted by molar-refractivity contribution is 5.82. The van der Waals surface area contributed by atoms with Crippen LogP contribution >= 0.6 is 0 Å². The van der Waals surface area contributed by atoms with Crippen molar-refractivity contribution in [2.45, 2.75) is 38.5 Å². The molecule has 0 aliphatic carbocycles. The fourth-order valence-corrected chi connectivity index (χ4v) is 3.16. The summed E-state index contributed by atoms with van der Waals surface area (Å²) in [5.74, 6) is 0.678. The summed E-state index contributed by atoms with van der Waals surface area (Å²) in [6.45, 7) is 3.32. The number of rotatable bonds is 4. The number of fused-ring (bicyclic) bond motifs is 1. The molecule has 0 bridgehead atoms. The third kappa shape index (κ3) is 3.44. The quantitative estimate of drug-likeness (QED) is 0.667. The highest BCUT2D eigenvalue weighted by atomic mass is 16.2. The Bertz CT molecular complexity index is 726. The Labute approximate surface area is 145 Å². The van der Waals surface area contributed by atoms with Crippen molar-refractivity contribution in [2.24, 2.45) is 0 Å². The van der Waals surface area contributed by atoms with Crippen LogP contribution in [-0.4, -0.2) is 54.9 Å². The Kier molecular flexibility index (Phi) is 4.53. The number of carbonyl (C=O) groups excluding carboxylic acids is 1. The van der Waals surface area contributed by atoms with Gasteiger partial charge in [0.05, 0.1) is 18.8 Å². The maximum atomic E-state index is 12.7. The molecule has 10 heteroatoms. The van der Waals surface area contributed by atoms with Crippen LogP contribution in [0.3, 0.4) is 0 Å². The highest BCUT2D eigenvalue weighted by Crippen LogP contribution is 2.17. The molecule has 4 heterocycles. The van der Waals surface area contributed by atoms with Gasteiger partial charge in [-0.1, -0.05) is 5.21 Å². The Morgan fingerprint density at radius 2 is 2.20 bits per heavy atom. The van der Waals surface area contributed by atoms with Crippen LogP contribution in [0.2, 0.25) is 0 Å². The van der Waals surface area contributed by atoms with Gasteiger partial charge in [0, 0.05) is 32.0 Å². The molecule has 1 fully saturated rings. The van der Waals surface area contributed by atoms with Crippen molar-refractivity contribution >= 4 is 11.9 Å². The van der Waals surface area contributed by atoms with Crippen LogP contribution in [0, 0.1) is 0 Å². The second-order valence-electron chi connectivity index (χ2n) is 6.16. The molecule has 3 N–H and O–H groups in total. The topological polar surface area (TPSA) is 113 Å². The number of nitrogens with zero attached hydrogens (tertiary/aromatic N) is 6. The number of aromatic nitrogens is 5. The molecule has 10 nitrogen and oxygen atoms in total. The number of hydrogen-bond donors (Lipinski definition) is 3. The Balaban J connectivity index is 1.48. The number of carbonyl (C=O) groups is 1. The summed E-state index contributed by atoms with van der Waals surface area (Å²) in [5.41, 5.74) is 7.86. The molecule has 4 rings (SSSR count). The van der Waals surface area contributed by atoms with Crippen molar-refractivity contribution in [1.29, 1.82) is 0 Å². The SMILES string of the molecule is O=C(C1CCNN1)N1CCCn2nnc(CNc3ncccn3)c2C1. The molecule has 25 heavy (non-hydrogen) atoms. The second kappa shape index (κ2) is 7.11. The summed E-state index contributed by atoms with van der Waals surface area (Å²) in [4.78, 5) is 22.9. The fourth-order valence-electron chi connectivity index (χ4n) is 3.16. The van der Waals surface area contributed by atoms with E-state index in [-0.39, 0.29) is 11.9 Å². The predicted octanol–water partition coefficient (Wildman–Crippen LogP) is -0.721. The number of hydrazine groups is 1. The van der Waals surface area contributed by atoms with Crippen LogP contribution in [0.5, 0.6) is 0 Å². The van der Waals surface area contributed by atoms with Crippen LogP contribution in [0.1, 0.15) is 24.2 Å². The molecule has 2 aromatic heterocycles. The van der Waals surface area contributed by atoms with Crippen molar-refractivity contribution in [3.05, 3.63) is 29.8 Å². The van der Waals surface area contributed by atoms with Gasteiger partial charge in [-0.05, 0) is 18.9 Å². The largest absolute Gasteiger partial charge is 0.348 e. The van der Waals surface area contributed by atoms with Gasteiger partial charge in [-0.2, -0.15) is 0 Å². The fraction of sp³-hybridized carbons (Fsp3) is 0.533. The van der Waals surface area contributed by atoms with Gasteiger partial charge in [0.25, 0.3) is 0 Å². The smallest absolute Gasteiger partial charge is 0.241 e. The third-order valence-electron chi connectivity index (χ3n) is 4.48. The van der Waals surface area contributed by atoms with Gasteiger partial charge in [-0.15, -0.1) is 5.10 Å². The molecule has 2 aliphatic heterocycles. The monoisotopic (exact) mass is 343 g/mol. The molecule has 1 unspecified atom stereocenters.